The highest BCUT2D eigenvalue weighted by Crippen LogP contribution is 2.29. The Morgan fingerprint density at radius 1 is 1.48 bits per heavy atom. The average molecular weight is 313 g/mol. The van der Waals surface area contributed by atoms with E-state index in [1.165, 1.54) is 18.2 Å². The van der Waals surface area contributed by atoms with E-state index in [1.807, 2.05) is 0 Å². The Labute approximate surface area is 127 Å². The van der Waals surface area contributed by atoms with E-state index in [9.17, 15) is 14.9 Å². The number of nitrogens with zero attached hydrogens (tertiary/aromatic N) is 1. The number of rotatable bonds is 5. The zero-order chi connectivity index (χ0) is 15.4. The zero-order valence-corrected chi connectivity index (χ0v) is 12.4. The predicted molar refractivity (Wildman–Crippen MR) is 78.6 cm³/mol. The highest BCUT2D eigenvalue weighted by Gasteiger charge is 2.22. The van der Waals surface area contributed by atoms with E-state index < -0.39 is 11.0 Å². The van der Waals surface area contributed by atoms with E-state index in [4.69, 9.17) is 16.3 Å². The Morgan fingerprint density at radius 3 is 2.71 bits per heavy atom. The summed E-state index contributed by atoms with van der Waals surface area (Å²) in [6, 6.07) is 4.12. The van der Waals surface area contributed by atoms with Crippen molar-refractivity contribution in [1.29, 1.82) is 0 Å². The number of carbonyl (C=O) groups is 1. The number of nitro groups is 1. The minimum absolute atomic E-state index is 0.115. The Bertz CT molecular complexity index is 544. The second kappa shape index (κ2) is 6.76. The molecule has 2 rings (SSSR count). The molecule has 1 N–H and O–H groups in total. The molecule has 1 aromatic rings. The van der Waals surface area contributed by atoms with Crippen molar-refractivity contribution in [3.63, 3.8) is 0 Å². The molecule has 1 atom stereocenters. The molecule has 1 aliphatic carbocycles. The summed E-state index contributed by atoms with van der Waals surface area (Å²) in [6.45, 7) is 1.63. The fraction of sp³-hybridized carbons (Fsp3) is 0.500. The largest absolute Gasteiger partial charge is 0.479 e. The van der Waals surface area contributed by atoms with Gasteiger partial charge in [0.05, 0.1) is 9.95 Å². The number of amides is 1. The minimum atomic E-state index is -0.704. The van der Waals surface area contributed by atoms with Gasteiger partial charge in [-0.25, -0.2) is 0 Å². The van der Waals surface area contributed by atoms with Crippen molar-refractivity contribution in [2.45, 2.75) is 44.8 Å². The molecule has 21 heavy (non-hydrogen) atoms. The van der Waals surface area contributed by atoms with Crippen LogP contribution in [0.15, 0.2) is 18.2 Å². The monoisotopic (exact) mass is 312 g/mol. The molecule has 0 unspecified atom stereocenters. The number of benzene rings is 1. The molecule has 114 valence electrons. The van der Waals surface area contributed by atoms with Crippen LogP contribution in [0.2, 0.25) is 5.02 Å². The Hall–Kier alpha value is -1.82. The number of ether oxygens (including phenoxy) is 1. The fourth-order valence-electron chi connectivity index (χ4n) is 2.33. The summed E-state index contributed by atoms with van der Waals surface area (Å²) in [6.07, 6.45) is 3.56. The van der Waals surface area contributed by atoms with Gasteiger partial charge in [0, 0.05) is 18.2 Å². The molecule has 1 saturated carbocycles. The van der Waals surface area contributed by atoms with Crippen LogP contribution >= 0.6 is 11.6 Å². The van der Waals surface area contributed by atoms with Crippen LogP contribution in [0.25, 0.3) is 0 Å². The van der Waals surface area contributed by atoms with E-state index in [0.717, 1.165) is 25.7 Å². The molecule has 1 fully saturated rings. The smallest absolute Gasteiger partial charge is 0.271 e. The number of nitro benzene ring substituents is 1. The number of halogens is 1. The molecule has 0 bridgehead atoms. The van der Waals surface area contributed by atoms with E-state index in [1.54, 1.807) is 6.92 Å². The SMILES string of the molecule is C[C@@H](Oc1ccc([N+](=O)[O-])cc1Cl)C(=O)NC1CCCC1. The van der Waals surface area contributed by atoms with Crippen LogP contribution in [0, 0.1) is 10.1 Å². The van der Waals surface area contributed by atoms with Gasteiger partial charge in [0.2, 0.25) is 0 Å². The minimum Gasteiger partial charge on any atom is -0.479 e. The van der Waals surface area contributed by atoms with E-state index in [0.29, 0.717) is 0 Å². The van der Waals surface area contributed by atoms with Crippen molar-refractivity contribution in [3.05, 3.63) is 33.3 Å². The number of nitrogens with one attached hydrogen (secondary N) is 1. The Morgan fingerprint density at radius 2 is 2.14 bits per heavy atom. The van der Waals surface area contributed by atoms with Gasteiger partial charge in [0.25, 0.3) is 11.6 Å². The highest BCUT2D eigenvalue weighted by atomic mass is 35.5. The van der Waals surface area contributed by atoms with Crippen LogP contribution in [-0.4, -0.2) is 23.0 Å². The number of carbonyl (C=O) groups excluding carboxylic acids is 1. The lowest BCUT2D eigenvalue weighted by Gasteiger charge is -2.18. The third-order valence-corrected chi connectivity index (χ3v) is 3.80. The average Bonchev–Trinajstić information content (AvgIpc) is 2.93. The third kappa shape index (κ3) is 4.07. The summed E-state index contributed by atoms with van der Waals surface area (Å²) in [5.74, 6) is 0.0626. The number of non-ortho nitro benzene ring substituents is 1. The molecule has 0 saturated heterocycles. The lowest BCUT2D eigenvalue weighted by Crippen LogP contribution is -2.41. The van der Waals surface area contributed by atoms with Gasteiger partial charge >= 0.3 is 0 Å². The second-order valence-corrected chi connectivity index (χ2v) is 5.53. The molecule has 1 aliphatic rings. The van der Waals surface area contributed by atoms with Crippen molar-refractivity contribution in [3.8, 4) is 5.75 Å². The topological polar surface area (TPSA) is 81.5 Å². The Kier molecular flexibility index (Phi) is 5.01. The van der Waals surface area contributed by atoms with Crippen LogP contribution in [0.1, 0.15) is 32.6 Å². The highest BCUT2D eigenvalue weighted by molar-refractivity contribution is 6.32. The van der Waals surface area contributed by atoms with Crippen LogP contribution in [-0.2, 0) is 4.79 Å². The predicted octanol–water partition coefficient (Wildman–Crippen LogP) is 3.07. The molecule has 6 nitrogen and oxygen atoms in total. The van der Waals surface area contributed by atoms with Gasteiger partial charge in [-0.1, -0.05) is 24.4 Å². The maximum absolute atomic E-state index is 12.0. The van der Waals surface area contributed by atoms with Crippen molar-refractivity contribution in [2.75, 3.05) is 0 Å². The van der Waals surface area contributed by atoms with Gasteiger partial charge in [-0.15, -0.1) is 0 Å². The molecular weight excluding hydrogens is 296 g/mol. The first-order valence-corrected chi connectivity index (χ1v) is 7.26. The van der Waals surface area contributed by atoms with Crippen molar-refractivity contribution >= 4 is 23.2 Å². The maximum atomic E-state index is 12.0. The van der Waals surface area contributed by atoms with Crippen LogP contribution < -0.4 is 10.1 Å². The van der Waals surface area contributed by atoms with Crippen molar-refractivity contribution in [1.82, 2.24) is 5.32 Å². The van der Waals surface area contributed by atoms with Crippen molar-refractivity contribution < 1.29 is 14.5 Å². The quantitative estimate of drug-likeness (QED) is 0.669. The molecule has 1 aromatic carbocycles. The van der Waals surface area contributed by atoms with Gasteiger partial charge in [0.1, 0.15) is 5.75 Å². The van der Waals surface area contributed by atoms with Crippen molar-refractivity contribution in [2.24, 2.45) is 0 Å². The molecular formula is C14H17ClN2O4. The van der Waals surface area contributed by atoms with Gasteiger partial charge in [-0.3, -0.25) is 14.9 Å². The maximum Gasteiger partial charge on any atom is 0.271 e. The second-order valence-electron chi connectivity index (χ2n) is 5.12. The number of hydrogen-bond acceptors (Lipinski definition) is 4. The van der Waals surface area contributed by atoms with Crippen LogP contribution in [0.4, 0.5) is 5.69 Å². The number of hydrogen-bond donors (Lipinski definition) is 1. The van der Waals surface area contributed by atoms with Gasteiger partial charge in [0.15, 0.2) is 6.10 Å². The summed E-state index contributed by atoms with van der Waals surface area (Å²) in [7, 11) is 0. The van der Waals surface area contributed by atoms with Crippen LogP contribution in [0.3, 0.4) is 0 Å². The summed E-state index contributed by atoms with van der Waals surface area (Å²) in [5, 5.41) is 13.7. The summed E-state index contributed by atoms with van der Waals surface area (Å²) >= 11 is 5.93. The van der Waals surface area contributed by atoms with Gasteiger partial charge in [-0.2, -0.15) is 0 Å². The van der Waals surface area contributed by atoms with Crippen LogP contribution in [0.5, 0.6) is 5.75 Å². The Balaban J connectivity index is 1.96. The lowest BCUT2D eigenvalue weighted by molar-refractivity contribution is -0.384. The summed E-state index contributed by atoms with van der Waals surface area (Å²) < 4.78 is 5.49. The van der Waals surface area contributed by atoms with E-state index in [-0.39, 0.29) is 28.4 Å². The first-order valence-electron chi connectivity index (χ1n) is 6.88. The molecule has 0 radical (unpaired) electrons. The first kappa shape index (κ1) is 15.6. The molecule has 1 amide bonds. The molecule has 0 aliphatic heterocycles. The van der Waals surface area contributed by atoms with Gasteiger partial charge in [-0.05, 0) is 25.8 Å². The standard InChI is InChI=1S/C14H17ClN2O4/c1-9(14(18)16-10-4-2-3-5-10)21-13-7-6-11(17(19)20)8-12(13)15/h6-10H,2-5H2,1H3,(H,16,18)/t9-/m1/s1. The fourth-order valence-corrected chi connectivity index (χ4v) is 2.55. The summed E-state index contributed by atoms with van der Waals surface area (Å²) in [5.41, 5.74) is -0.115. The first-order chi connectivity index (χ1) is 9.97. The normalized spacial score (nSPS) is 16.5. The molecule has 0 heterocycles. The molecule has 0 spiro atoms. The van der Waals surface area contributed by atoms with E-state index in [2.05, 4.69) is 5.32 Å². The molecule has 0 aromatic heterocycles. The zero-order valence-electron chi connectivity index (χ0n) is 11.7. The van der Waals surface area contributed by atoms with E-state index >= 15 is 0 Å². The lowest BCUT2D eigenvalue weighted by atomic mass is 10.2. The molecule has 7 heteroatoms. The summed E-state index contributed by atoms with van der Waals surface area (Å²) in [4.78, 5) is 22.1. The third-order valence-electron chi connectivity index (χ3n) is 3.50. The van der Waals surface area contributed by atoms with Gasteiger partial charge < -0.3 is 10.1 Å².